The Kier molecular flexibility index (Phi) is 7.18. The lowest BCUT2D eigenvalue weighted by atomic mass is 10.1. The molecule has 0 bridgehead atoms. The van der Waals surface area contributed by atoms with Gasteiger partial charge in [-0.15, -0.1) is 0 Å². The van der Waals surface area contributed by atoms with Gasteiger partial charge in [0.2, 0.25) is 10.0 Å². The van der Waals surface area contributed by atoms with Crippen molar-refractivity contribution in [3.8, 4) is 5.75 Å². The number of anilines is 2. The van der Waals surface area contributed by atoms with E-state index in [9.17, 15) is 18.0 Å². The minimum absolute atomic E-state index is 0.0836. The summed E-state index contributed by atoms with van der Waals surface area (Å²) in [4.78, 5) is 27.0. The zero-order chi connectivity index (χ0) is 25.0. The van der Waals surface area contributed by atoms with Crippen molar-refractivity contribution in [1.82, 2.24) is 4.31 Å². The van der Waals surface area contributed by atoms with Crippen LogP contribution >= 0.6 is 0 Å². The molecule has 0 saturated heterocycles. The van der Waals surface area contributed by atoms with Gasteiger partial charge in [-0.25, -0.2) is 8.42 Å². The van der Waals surface area contributed by atoms with Gasteiger partial charge in [0.1, 0.15) is 5.75 Å². The van der Waals surface area contributed by atoms with Crippen molar-refractivity contribution in [2.24, 2.45) is 0 Å². The zero-order valence-electron chi connectivity index (χ0n) is 19.6. The highest BCUT2D eigenvalue weighted by atomic mass is 32.2. The highest BCUT2D eigenvalue weighted by molar-refractivity contribution is 7.89. The topological polar surface area (TPSA) is 96.0 Å². The standard InChI is InChI=1S/C26H27N3O5S/c1-3-28(4-2)35(32,33)22-13-10-20(11-14-22)26(31)27-21-12-15-23-24(16-21)34-18-25(30)29(23)17-19-8-6-5-7-9-19/h5-16H,3-4,17-18H2,1-2H3,(H,27,31). The third-order valence-electron chi connectivity index (χ3n) is 5.80. The summed E-state index contributed by atoms with van der Waals surface area (Å²) < 4.78 is 32.3. The van der Waals surface area contributed by atoms with Crippen LogP contribution in [-0.4, -0.2) is 44.2 Å². The number of carbonyl (C=O) groups is 2. The molecule has 0 aliphatic carbocycles. The van der Waals surface area contributed by atoms with Crippen molar-refractivity contribution < 1.29 is 22.7 Å². The first-order valence-electron chi connectivity index (χ1n) is 11.4. The Hall–Kier alpha value is -3.69. The van der Waals surface area contributed by atoms with Crippen molar-refractivity contribution in [3.05, 3.63) is 83.9 Å². The summed E-state index contributed by atoms with van der Waals surface area (Å²) in [6.45, 7) is 4.64. The molecule has 0 radical (unpaired) electrons. The number of hydrogen-bond donors (Lipinski definition) is 1. The molecule has 0 spiro atoms. The zero-order valence-corrected chi connectivity index (χ0v) is 20.4. The first-order valence-corrected chi connectivity index (χ1v) is 12.8. The second kappa shape index (κ2) is 10.3. The van der Waals surface area contributed by atoms with E-state index < -0.39 is 10.0 Å². The average molecular weight is 494 g/mol. The maximum Gasteiger partial charge on any atom is 0.265 e. The van der Waals surface area contributed by atoms with Gasteiger partial charge in [0.15, 0.2) is 6.61 Å². The molecule has 8 nitrogen and oxygen atoms in total. The van der Waals surface area contributed by atoms with Gasteiger partial charge in [0.05, 0.1) is 17.1 Å². The molecule has 182 valence electrons. The van der Waals surface area contributed by atoms with Crippen LogP contribution in [0, 0.1) is 0 Å². The van der Waals surface area contributed by atoms with Crippen LogP contribution in [0.5, 0.6) is 5.75 Å². The lowest BCUT2D eigenvalue weighted by Gasteiger charge is -2.29. The summed E-state index contributed by atoms with van der Waals surface area (Å²) in [6.07, 6.45) is 0. The molecule has 3 aromatic rings. The summed E-state index contributed by atoms with van der Waals surface area (Å²) in [5, 5.41) is 2.81. The molecule has 0 atom stereocenters. The van der Waals surface area contributed by atoms with Crippen LogP contribution in [0.3, 0.4) is 0 Å². The van der Waals surface area contributed by atoms with E-state index in [1.807, 2.05) is 30.3 Å². The van der Waals surface area contributed by atoms with Gasteiger partial charge in [0, 0.05) is 30.4 Å². The summed E-state index contributed by atoms with van der Waals surface area (Å²) in [5.41, 5.74) is 2.46. The summed E-state index contributed by atoms with van der Waals surface area (Å²) in [5.74, 6) is -0.0262. The highest BCUT2D eigenvalue weighted by Gasteiger charge is 2.26. The quantitative estimate of drug-likeness (QED) is 0.514. The minimum Gasteiger partial charge on any atom is -0.481 e. The lowest BCUT2D eigenvalue weighted by Crippen LogP contribution is -2.38. The van der Waals surface area contributed by atoms with Crippen molar-refractivity contribution in [3.63, 3.8) is 0 Å². The van der Waals surface area contributed by atoms with Gasteiger partial charge in [-0.05, 0) is 42.0 Å². The number of nitrogens with one attached hydrogen (secondary N) is 1. The smallest absolute Gasteiger partial charge is 0.265 e. The second-order valence-electron chi connectivity index (χ2n) is 8.00. The van der Waals surface area contributed by atoms with E-state index in [0.717, 1.165) is 5.56 Å². The Balaban J connectivity index is 1.49. The fraction of sp³-hybridized carbons (Fsp3) is 0.231. The van der Waals surface area contributed by atoms with E-state index >= 15 is 0 Å². The van der Waals surface area contributed by atoms with Crippen molar-refractivity contribution in [2.45, 2.75) is 25.3 Å². The number of ether oxygens (including phenoxy) is 1. The molecule has 9 heteroatoms. The number of carbonyl (C=O) groups excluding carboxylic acids is 2. The maximum atomic E-state index is 12.8. The Morgan fingerprint density at radius 2 is 1.69 bits per heavy atom. The molecule has 1 aliphatic rings. The maximum absolute atomic E-state index is 12.8. The monoisotopic (exact) mass is 493 g/mol. The van der Waals surface area contributed by atoms with E-state index in [2.05, 4.69) is 5.32 Å². The molecule has 35 heavy (non-hydrogen) atoms. The molecule has 1 heterocycles. The van der Waals surface area contributed by atoms with Gasteiger partial charge in [-0.1, -0.05) is 44.2 Å². The van der Waals surface area contributed by atoms with E-state index in [-0.39, 0.29) is 23.3 Å². The van der Waals surface area contributed by atoms with Gasteiger partial charge < -0.3 is 15.0 Å². The number of hydrogen-bond acceptors (Lipinski definition) is 5. The third-order valence-corrected chi connectivity index (χ3v) is 7.87. The van der Waals surface area contributed by atoms with Crippen LogP contribution in [0.1, 0.15) is 29.8 Å². The SMILES string of the molecule is CCN(CC)S(=O)(=O)c1ccc(C(=O)Nc2ccc3c(c2)OCC(=O)N3Cc2ccccc2)cc1. The predicted octanol–water partition coefficient (Wildman–Crippen LogP) is 3.90. The first kappa shape index (κ1) is 24.4. The lowest BCUT2D eigenvalue weighted by molar-refractivity contribution is -0.121. The van der Waals surface area contributed by atoms with Gasteiger partial charge in [0.25, 0.3) is 11.8 Å². The molecule has 2 amide bonds. The van der Waals surface area contributed by atoms with Crippen LogP contribution in [0.25, 0.3) is 0 Å². The first-order chi connectivity index (χ1) is 16.8. The second-order valence-corrected chi connectivity index (χ2v) is 9.94. The summed E-state index contributed by atoms with van der Waals surface area (Å²) in [7, 11) is -3.59. The molecule has 0 aromatic heterocycles. The van der Waals surface area contributed by atoms with Crippen molar-refractivity contribution >= 4 is 33.2 Å². The number of fused-ring (bicyclic) bond motifs is 1. The number of nitrogens with zero attached hydrogens (tertiary/aromatic N) is 2. The Morgan fingerprint density at radius 3 is 2.34 bits per heavy atom. The number of benzene rings is 3. The largest absolute Gasteiger partial charge is 0.481 e. The predicted molar refractivity (Wildman–Crippen MR) is 134 cm³/mol. The molecular weight excluding hydrogens is 466 g/mol. The summed E-state index contributed by atoms with van der Waals surface area (Å²) in [6, 6.07) is 20.6. The molecule has 0 saturated carbocycles. The molecule has 0 unspecified atom stereocenters. The number of amides is 2. The molecular formula is C26H27N3O5S. The van der Waals surface area contributed by atoms with E-state index in [1.165, 1.54) is 28.6 Å². The fourth-order valence-electron chi connectivity index (χ4n) is 3.92. The van der Waals surface area contributed by atoms with Crippen LogP contribution in [0.4, 0.5) is 11.4 Å². The molecule has 3 aromatic carbocycles. The average Bonchev–Trinajstić information content (AvgIpc) is 2.87. The number of sulfonamides is 1. The summed E-state index contributed by atoms with van der Waals surface area (Å²) >= 11 is 0. The van der Waals surface area contributed by atoms with Crippen LogP contribution < -0.4 is 15.0 Å². The third kappa shape index (κ3) is 5.21. The molecule has 1 aliphatic heterocycles. The van der Waals surface area contributed by atoms with Gasteiger partial charge in [-0.3, -0.25) is 9.59 Å². The normalized spacial score (nSPS) is 13.3. The highest BCUT2D eigenvalue weighted by Crippen LogP contribution is 2.35. The Labute approximate surface area is 205 Å². The van der Waals surface area contributed by atoms with Crippen molar-refractivity contribution in [1.29, 1.82) is 0 Å². The number of rotatable bonds is 8. The van der Waals surface area contributed by atoms with Gasteiger partial charge >= 0.3 is 0 Å². The van der Waals surface area contributed by atoms with Gasteiger partial charge in [-0.2, -0.15) is 4.31 Å². The van der Waals surface area contributed by atoms with Crippen LogP contribution in [-0.2, 0) is 21.4 Å². The molecule has 1 N–H and O–H groups in total. The van der Waals surface area contributed by atoms with E-state index in [0.29, 0.717) is 42.3 Å². The van der Waals surface area contributed by atoms with E-state index in [1.54, 1.807) is 36.9 Å². The Morgan fingerprint density at radius 1 is 1.00 bits per heavy atom. The minimum atomic E-state index is -3.59. The van der Waals surface area contributed by atoms with Crippen LogP contribution in [0.2, 0.25) is 0 Å². The van der Waals surface area contributed by atoms with Crippen LogP contribution in [0.15, 0.2) is 77.7 Å². The van der Waals surface area contributed by atoms with E-state index in [4.69, 9.17) is 4.74 Å². The fourth-order valence-corrected chi connectivity index (χ4v) is 5.37. The molecule has 0 fully saturated rings. The Bertz CT molecular complexity index is 1320. The van der Waals surface area contributed by atoms with Crippen molar-refractivity contribution in [2.75, 3.05) is 29.9 Å². The molecule has 4 rings (SSSR count).